The van der Waals surface area contributed by atoms with Crippen molar-refractivity contribution in [1.29, 1.82) is 0 Å². The quantitative estimate of drug-likeness (QED) is 0.828. The molecule has 0 aromatic carbocycles. The monoisotopic (exact) mass is 258 g/mol. The van der Waals surface area contributed by atoms with Gasteiger partial charge in [0.25, 0.3) is 0 Å². The number of nitrogens with one attached hydrogen (secondary N) is 1. The van der Waals surface area contributed by atoms with Crippen molar-refractivity contribution in [3.05, 3.63) is 18.3 Å². The lowest BCUT2D eigenvalue weighted by Gasteiger charge is -2.11. The van der Waals surface area contributed by atoms with Crippen molar-refractivity contribution in [3.8, 4) is 5.88 Å². The van der Waals surface area contributed by atoms with E-state index in [4.69, 9.17) is 4.74 Å². The molecule has 0 radical (unpaired) electrons. The number of ether oxygens (including phenoxy) is 2. The first-order valence-electron chi connectivity index (χ1n) is 5.34. The summed E-state index contributed by atoms with van der Waals surface area (Å²) in [5.74, 6) is -4.37. The highest BCUT2D eigenvalue weighted by Crippen LogP contribution is 2.30. The summed E-state index contributed by atoms with van der Waals surface area (Å²) in [4.78, 5) is 14.7. The molecule has 1 fully saturated rings. The van der Waals surface area contributed by atoms with E-state index < -0.39 is 24.4 Å². The number of cyclic esters (lactones) is 1. The Kier molecular flexibility index (Phi) is 3.31. The Balaban J connectivity index is 1.87. The van der Waals surface area contributed by atoms with Gasteiger partial charge in [0.2, 0.25) is 5.88 Å². The van der Waals surface area contributed by atoms with Crippen molar-refractivity contribution >= 4 is 11.7 Å². The van der Waals surface area contributed by atoms with Crippen LogP contribution in [0.2, 0.25) is 0 Å². The molecule has 2 rings (SSSR count). The largest absolute Gasteiger partial charge is 0.481 e. The summed E-state index contributed by atoms with van der Waals surface area (Å²) < 4.78 is 35.2. The predicted octanol–water partition coefficient (Wildman–Crippen LogP) is 1.45. The van der Waals surface area contributed by atoms with E-state index in [-0.39, 0.29) is 6.54 Å². The molecule has 1 unspecified atom stereocenters. The minimum absolute atomic E-state index is 0.120. The van der Waals surface area contributed by atoms with Crippen molar-refractivity contribution in [2.24, 2.45) is 0 Å². The van der Waals surface area contributed by atoms with Crippen molar-refractivity contribution in [3.63, 3.8) is 0 Å². The minimum atomic E-state index is -3.37. The van der Waals surface area contributed by atoms with Crippen LogP contribution in [0.4, 0.5) is 14.5 Å². The zero-order chi connectivity index (χ0) is 13.2. The summed E-state index contributed by atoms with van der Waals surface area (Å²) in [5.41, 5.74) is 0.641. The first-order chi connectivity index (χ1) is 8.51. The molecule has 7 heteroatoms. The first kappa shape index (κ1) is 12.5. The molecule has 5 nitrogen and oxygen atoms in total. The molecule has 2 heterocycles. The molecule has 1 aromatic heterocycles. The van der Waals surface area contributed by atoms with Crippen molar-refractivity contribution < 1.29 is 23.0 Å². The van der Waals surface area contributed by atoms with Crippen LogP contribution in [0.5, 0.6) is 5.88 Å². The molecule has 1 saturated heterocycles. The highest BCUT2D eigenvalue weighted by molar-refractivity contribution is 5.79. The van der Waals surface area contributed by atoms with Gasteiger partial charge in [-0.25, -0.2) is 9.78 Å². The molecule has 0 spiro atoms. The molecule has 0 aliphatic carbocycles. The van der Waals surface area contributed by atoms with E-state index in [1.54, 1.807) is 12.1 Å². The molecule has 1 aliphatic rings. The molecule has 1 N–H and O–H groups in total. The number of aromatic nitrogens is 1. The van der Waals surface area contributed by atoms with Gasteiger partial charge in [-0.15, -0.1) is 0 Å². The summed E-state index contributed by atoms with van der Waals surface area (Å²) in [6.07, 6.45) is 0.0884. The van der Waals surface area contributed by atoms with Crippen molar-refractivity contribution in [1.82, 2.24) is 4.98 Å². The molecule has 98 valence electrons. The fraction of sp³-hybridized carbons (Fsp3) is 0.455. The Morgan fingerprint density at radius 3 is 2.89 bits per heavy atom. The van der Waals surface area contributed by atoms with Gasteiger partial charge in [-0.3, -0.25) is 0 Å². The van der Waals surface area contributed by atoms with Crippen LogP contribution < -0.4 is 10.1 Å². The standard InChI is InChI=1S/C11H12F2N2O3/c1-17-9-3-2-7(5-15-9)14-6-8-4-11(12,13)10(16)18-8/h2-3,5,8,14H,4,6H2,1H3. The average molecular weight is 258 g/mol. The second kappa shape index (κ2) is 4.75. The van der Waals surface area contributed by atoms with E-state index >= 15 is 0 Å². The summed E-state index contributed by atoms with van der Waals surface area (Å²) in [6, 6.07) is 3.33. The lowest BCUT2D eigenvalue weighted by Crippen LogP contribution is -2.22. The van der Waals surface area contributed by atoms with Crippen LogP contribution in [0, 0.1) is 0 Å². The van der Waals surface area contributed by atoms with Gasteiger partial charge in [-0.2, -0.15) is 8.78 Å². The molecule has 0 amide bonds. The third kappa shape index (κ3) is 2.66. The number of alkyl halides is 2. The van der Waals surface area contributed by atoms with E-state index in [9.17, 15) is 13.6 Å². The van der Waals surface area contributed by atoms with Gasteiger partial charge >= 0.3 is 11.9 Å². The van der Waals surface area contributed by atoms with Crippen LogP contribution in [-0.2, 0) is 9.53 Å². The number of rotatable bonds is 4. The maximum atomic E-state index is 12.9. The minimum Gasteiger partial charge on any atom is -0.481 e. The van der Waals surface area contributed by atoms with Gasteiger partial charge in [0, 0.05) is 6.07 Å². The van der Waals surface area contributed by atoms with Crippen molar-refractivity contribution in [2.45, 2.75) is 18.4 Å². The van der Waals surface area contributed by atoms with Crippen LogP contribution in [-0.4, -0.2) is 36.6 Å². The van der Waals surface area contributed by atoms with Crippen molar-refractivity contribution in [2.75, 3.05) is 19.0 Å². The Morgan fingerprint density at radius 2 is 2.39 bits per heavy atom. The number of carbonyl (C=O) groups is 1. The summed E-state index contributed by atoms with van der Waals surface area (Å²) in [6.45, 7) is 0.120. The van der Waals surface area contributed by atoms with Gasteiger partial charge < -0.3 is 14.8 Å². The maximum absolute atomic E-state index is 12.9. The molecule has 0 bridgehead atoms. The zero-order valence-corrected chi connectivity index (χ0v) is 9.65. The van der Waals surface area contributed by atoms with Crippen LogP contribution in [0.15, 0.2) is 18.3 Å². The van der Waals surface area contributed by atoms with Gasteiger partial charge in [0.15, 0.2) is 0 Å². The Bertz CT molecular complexity index is 436. The third-order valence-electron chi connectivity index (χ3n) is 2.54. The molecule has 1 atom stereocenters. The summed E-state index contributed by atoms with van der Waals surface area (Å²) >= 11 is 0. The molecular weight excluding hydrogens is 246 g/mol. The normalized spacial score (nSPS) is 21.5. The van der Waals surface area contributed by atoms with Crippen LogP contribution in [0.1, 0.15) is 6.42 Å². The third-order valence-corrected chi connectivity index (χ3v) is 2.54. The van der Waals surface area contributed by atoms with E-state index in [1.165, 1.54) is 13.3 Å². The van der Waals surface area contributed by atoms with E-state index in [2.05, 4.69) is 15.0 Å². The number of anilines is 1. The molecule has 18 heavy (non-hydrogen) atoms. The number of pyridine rings is 1. The van der Waals surface area contributed by atoms with E-state index in [0.29, 0.717) is 11.6 Å². The fourth-order valence-electron chi connectivity index (χ4n) is 1.60. The van der Waals surface area contributed by atoms with Gasteiger partial charge in [-0.1, -0.05) is 0 Å². The number of nitrogens with zero attached hydrogens (tertiary/aromatic N) is 1. The average Bonchev–Trinajstić information content (AvgIpc) is 2.61. The number of methoxy groups -OCH3 is 1. The van der Waals surface area contributed by atoms with E-state index in [1.807, 2.05) is 0 Å². The zero-order valence-electron chi connectivity index (χ0n) is 9.65. The number of halogens is 2. The second-order valence-corrected chi connectivity index (χ2v) is 3.91. The van der Waals surface area contributed by atoms with Gasteiger partial charge in [0.1, 0.15) is 6.10 Å². The summed E-state index contributed by atoms with van der Waals surface area (Å²) in [7, 11) is 1.50. The van der Waals surface area contributed by atoms with Crippen LogP contribution in [0.25, 0.3) is 0 Å². The van der Waals surface area contributed by atoms with Crippen LogP contribution in [0.3, 0.4) is 0 Å². The fourth-order valence-corrected chi connectivity index (χ4v) is 1.60. The summed E-state index contributed by atoms with van der Waals surface area (Å²) in [5, 5.41) is 2.87. The topological polar surface area (TPSA) is 60.5 Å². The Morgan fingerprint density at radius 1 is 1.61 bits per heavy atom. The maximum Gasteiger partial charge on any atom is 0.377 e. The Labute approximate surface area is 102 Å². The van der Waals surface area contributed by atoms with Crippen LogP contribution >= 0.6 is 0 Å². The van der Waals surface area contributed by atoms with Gasteiger partial charge in [-0.05, 0) is 6.07 Å². The number of carbonyl (C=O) groups excluding carboxylic acids is 1. The lowest BCUT2D eigenvalue weighted by atomic mass is 10.2. The molecule has 0 saturated carbocycles. The molecule has 1 aliphatic heterocycles. The van der Waals surface area contributed by atoms with E-state index in [0.717, 1.165) is 0 Å². The van der Waals surface area contributed by atoms with Gasteiger partial charge in [0.05, 0.1) is 32.0 Å². The Hall–Kier alpha value is -1.92. The molecular formula is C11H12F2N2O3. The highest BCUT2D eigenvalue weighted by atomic mass is 19.3. The SMILES string of the molecule is COc1ccc(NCC2CC(F)(F)C(=O)O2)cn1. The smallest absolute Gasteiger partial charge is 0.377 e. The predicted molar refractivity (Wildman–Crippen MR) is 58.7 cm³/mol. The highest BCUT2D eigenvalue weighted by Gasteiger charge is 2.50. The number of hydrogen-bond acceptors (Lipinski definition) is 5. The molecule has 1 aromatic rings. The number of hydrogen-bond donors (Lipinski definition) is 1. The lowest BCUT2D eigenvalue weighted by molar-refractivity contribution is -0.158. The number of esters is 1. The first-order valence-corrected chi connectivity index (χ1v) is 5.34. The second-order valence-electron chi connectivity index (χ2n) is 3.91.